The molecule has 1 aliphatic heterocycles. The Morgan fingerprint density at radius 1 is 1.16 bits per heavy atom. The third-order valence-corrected chi connectivity index (χ3v) is 4.43. The molecule has 0 bridgehead atoms. The molecule has 1 aliphatic rings. The number of hydrogen-bond acceptors (Lipinski definition) is 6. The first-order valence-corrected chi connectivity index (χ1v) is 8.41. The lowest BCUT2D eigenvalue weighted by Gasteiger charge is -2.47. The monoisotopic (exact) mass is 350 g/mol. The summed E-state index contributed by atoms with van der Waals surface area (Å²) in [5.41, 5.74) is 0.968. The summed E-state index contributed by atoms with van der Waals surface area (Å²) in [5, 5.41) is 42.7. The van der Waals surface area contributed by atoms with E-state index in [1.54, 1.807) is 13.0 Å². The molecule has 2 rings (SSSR count). The van der Waals surface area contributed by atoms with Crippen molar-refractivity contribution in [3.63, 3.8) is 0 Å². The van der Waals surface area contributed by atoms with Gasteiger partial charge in [0.25, 0.3) is 0 Å². The van der Waals surface area contributed by atoms with E-state index in [4.69, 9.17) is 0 Å². The van der Waals surface area contributed by atoms with Crippen molar-refractivity contribution in [3.8, 4) is 0 Å². The maximum absolute atomic E-state index is 12.4. The quantitative estimate of drug-likeness (QED) is 0.448. The van der Waals surface area contributed by atoms with Crippen LogP contribution in [0.15, 0.2) is 36.4 Å². The number of piperidine rings is 1. The fourth-order valence-corrected chi connectivity index (χ4v) is 3.14. The van der Waals surface area contributed by atoms with Gasteiger partial charge in [-0.2, -0.15) is 0 Å². The lowest BCUT2D eigenvalue weighted by atomic mass is 9.87. The van der Waals surface area contributed by atoms with E-state index in [1.807, 2.05) is 36.4 Å². The minimum Gasteiger partial charge on any atom is -0.395 e. The lowest BCUT2D eigenvalue weighted by molar-refractivity contribution is -0.176. The Morgan fingerprint density at radius 3 is 2.44 bits per heavy atom. The Balaban J connectivity index is 2.23. The molecule has 1 saturated heterocycles. The number of aliphatic hydroxyl groups is 4. The second kappa shape index (κ2) is 9.07. The molecule has 0 saturated carbocycles. The van der Waals surface area contributed by atoms with Crippen LogP contribution in [-0.2, 0) is 4.79 Å². The van der Waals surface area contributed by atoms with Gasteiger partial charge in [-0.05, 0) is 12.5 Å². The Kier molecular flexibility index (Phi) is 7.10. The summed E-state index contributed by atoms with van der Waals surface area (Å²) in [4.78, 5) is 13.9. The first-order chi connectivity index (χ1) is 12.0. The van der Waals surface area contributed by atoms with E-state index >= 15 is 0 Å². The molecule has 1 aromatic rings. The molecular weight excluding hydrogens is 324 g/mol. The van der Waals surface area contributed by atoms with Crippen LogP contribution in [0, 0.1) is 0 Å². The molecule has 5 N–H and O–H groups in total. The first-order valence-electron chi connectivity index (χ1n) is 8.41. The third-order valence-electron chi connectivity index (χ3n) is 4.43. The highest BCUT2D eigenvalue weighted by atomic mass is 16.4. The summed E-state index contributed by atoms with van der Waals surface area (Å²) >= 11 is 0. The molecule has 0 aromatic heterocycles. The predicted molar refractivity (Wildman–Crippen MR) is 93.5 cm³/mol. The molecule has 1 heterocycles. The number of carbonyl (C=O) groups is 1. The van der Waals surface area contributed by atoms with Crippen molar-refractivity contribution in [3.05, 3.63) is 42.0 Å². The van der Waals surface area contributed by atoms with Crippen LogP contribution in [-0.4, -0.2) is 81.3 Å². The average molecular weight is 350 g/mol. The lowest BCUT2D eigenvalue weighted by Crippen LogP contribution is -2.70. The number of aliphatic hydroxyl groups excluding tert-OH is 4. The molecule has 1 fully saturated rings. The van der Waals surface area contributed by atoms with E-state index < -0.39 is 42.9 Å². The number of likely N-dealkylation sites (N-methyl/N-ethyl adjacent to an activating group) is 1. The fourth-order valence-electron chi connectivity index (χ4n) is 3.14. The number of nitrogens with one attached hydrogen (secondary N) is 1. The van der Waals surface area contributed by atoms with Crippen molar-refractivity contribution in [2.24, 2.45) is 0 Å². The zero-order valence-electron chi connectivity index (χ0n) is 14.2. The molecule has 1 aromatic carbocycles. The molecular formula is C18H26N2O5. The van der Waals surface area contributed by atoms with E-state index in [-0.39, 0.29) is 6.54 Å². The maximum atomic E-state index is 12.4. The van der Waals surface area contributed by atoms with E-state index in [0.717, 1.165) is 5.56 Å². The van der Waals surface area contributed by atoms with Gasteiger partial charge >= 0.3 is 0 Å². The van der Waals surface area contributed by atoms with Crippen LogP contribution in [0.2, 0.25) is 0 Å². The highest BCUT2D eigenvalue weighted by molar-refractivity contribution is 5.82. The van der Waals surface area contributed by atoms with Gasteiger partial charge in [0.1, 0.15) is 24.4 Å². The summed E-state index contributed by atoms with van der Waals surface area (Å²) in [5.74, 6) is -0.451. The Hall–Kier alpha value is -1.77. The normalized spacial score (nSPS) is 30.5. The second-order valence-corrected chi connectivity index (χ2v) is 6.07. The smallest absolute Gasteiger partial charge is 0.240 e. The number of rotatable bonds is 6. The van der Waals surface area contributed by atoms with E-state index in [1.165, 1.54) is 4.90 Å². The summed E-state index contributed by atoms with van der Waals surface area (Å²) < 4.78 is 0. The molecule has 5 unspecified atom stereocenters. The average Bonchev–Trinajstić information content (AvgIpc) is 2.61. The number of hydrogen-bond donors (Lipinski definition) is 5. The van der Waals surface area contributed by atoms with Crippen LogP contribution in [0.5, 0.6) is 0 Å². The topological polar surface area (TPSA) is 113 Å². The van der Waals surface area contributed by atoms with E-state index in [0.29, 0.717) is 6.54 Å². The van der Waals surface area contributed by atoms with E-state index in [9.17, 15) is 25.2 Å². The van der Waals surface area contributed by atoms with Crippen LogP contribution >= 0.6 is 0 Å². The standard InChI is InChI=1S/C18H26N2O5/c1-2-19-18(25)14-16(23)17(24)15(22)13(11-21)20(14)10-6-9-12-7-4-3-5-8-12/h3-9,13-17,21-24H,2,10-11H2,1H3,(H,19,25)/b9-6+. The number of amides is 1. The second-order valence-electron chi connectivity index (χ2n) is 6.07. The van der Waals surface area contributed by atoms with Crippen molar-refractivity contribution in [2.75, 3.05) is 19.7 Å². The van der Waals surface area contributed by atoms with Gasteiger partial charge in [-0.1, -0.05) is 42.5 Å². The van der Waals surface area contributed by atoms with Gasteiger partial charge in [-0.25, -0.2) is 0 Å². The number of likely N-dealkylation sites (tertiary alicyclic amines) is 1. The molecule has 138 valence electrons. The predicted octanol–water partition coefficient (Wildman–Crippen LogP) is -1.04. The van der Waals surface area contributed by atoms with Crippen molar-refractivity contribution in [1.82, 2.24) is 10.2 Å². The molecule has 25 heavy (non-hydrogen) atoms. The van der Waals surface area contributed by atoms with Crippen molar-refractivity contribution >= 4 is 12.0 Å². The number of benzene rings is 1. The Bertz CT molecular complexity index is 580. The largest absolute Gasteiger partial charge is 0.395 e. The molecule has 5 atom stereocenters. The minimum absolute atomic E-state index is 0.225. The molecule has 0 radical (unpaired) electrons. The van der Waals surface area contributed by atoms with E-state index in [2.05, 4.69) is 5.32 Å². The fraction of sp³-hybridized carbons (Fsp3) is 0.500. The van der Waals surface area contributed by atoms with Gasteiger partial charge in [0, 0.05) is 13.1 Å². The Labute approximate surface area is 147 Å². The van der Waals surface area contributed by atoms with Gasteiger partial charge in [0.2, 0.25) is 5.91 Å². The molecule has 0 aliphatic carbocycles. The highest BCUT2D eigenvalue weighted by Gasteiger charge is 2.49. The zero-order chi connectivity index (χ0) is 18.4. The van der Waals surface area contributed by atoms with Gasteiger partial charge in [0.05, 0.1) is 12.6 Å². The van der Waals surface area contributed by atoms with Crippen molar-refractivity contribution in [2.45, 2.75) is 37.3 Å². The van der Waals surface area contributed by atoms with Gasteiger partial charge in [-0.3, -0.25) is 9.69 Å². The van der Waals surface area contributed by atoms with Crippen LogP contribution in [0.3, 0.4) is 0 Å². The van der Waals surface area contributed by atoms with Gasteiger partial charge in [-0.15, -0.1) is 0 Å². The third kappa shape index (κ3) is 4.45. The first kappa shape index (κ1) is 19.6. The molecule has 0 spiro atoms. The van der Waals surface area contributed by atoms with Crippen LogP contribution in [0.4, 0.5) is 0 Å². The van der Waals surface area contributed by atoms with Crippen molar-refractivity contribution in [1.29, 1.82) is 0 Å². The zero-order valence-corrected chi connectivity index (χ0v) is 14.2. The summed E-state index contributed by atoms with van der Waals surface area (Å²) in [7, 11) is 0. The SMILES string of the molecule is CCNC(=O)C1C(O)C(O)C(O)C(CO)N1C/C=C/c1ccccc1. The van der Waals surface area contributed by atoms with Gasteiger partial charge in [0.15, 0.2) is 0 Å². The number of carbonyl (C=O) groups excluding carboxylic acids is 1. The number of nitrogens with zero attached hydrogens (tertiary/aromatic N) is 1. The highest BCUT2D eigenvalue weighted by Crippen LogP contribution is 2.25. The molecule has 7 heteroatoms. The summed E-state index contributed by atoms with van der Waals surface area (Å²) in [6.07, 6.45) is -0.654. The molecule has 1 amide bonds. The van der Waals surface area contributed by atoms with Crippen LogP contribution in [0.25, 0.3) is 6.08 Å². The van der Waals surface area contributed by atoms with Crippen molar-refractivity contribution < 1.29 is 25.2 Å². The minimum atomic E-state index is -1.50. The van der Waals surface area contributed by atoms with Crippen LogP contribution in [0.1, 0.15) is 12.5 Å². The van der Waals surface area contributed by atoms with Crippen LogP contribution < -0.4 is 5.32 Å². The molecule has 7 nitrogen and oxygen atoms in total. The summed E-state index contributed by atoms with van der Waals surface area (Å²) in [6.45, 7) is 1.91. The Morgan fingerprint density at radius 2 is 1.84 bits per heavy atom. The van der Waals surface area contributed by atoms with Gasteiger partial charge < -0.3 is 25.7 Å². The maximum Gasteiger partial charge on any atom is 0.240 e. The summed E-state index contributed by atoms with van der Waals surface area (Å²) in [6, 6.07) is 7.64.